The van der Waals surface area contributed by atoms with Gasteiger partial charge in [-0.1, -0.05) is 35.4 Å². The molecule has 1 fully saturated rings. The van der Waals surface area contributed by atoms with Crippen LogP contribution >= 0.6 is 11.6 Å². The number of benzene rings is 2. The molecule has 0 aliphatic heterocycles. The van der Waals surface area contributed by atoms with Crippen LogP contribution in [-0.2, 0) is 11.3 Å². The lowest BCUT2D eigenvalue weighted by atomic mass is 10.1. The van der Waals surface area contributed by atoms with E-state index in [1.165, 1.54) is 0 Å². The van der Waals surface area contributed by atoms with Crippen LogP contribution in [0.15, 0.2) is 42.5 Å². The number of carboxylic acids is 1. The van der Waals surface area contributed by atoms with E-state index >= 15 is 0 Å². The topological polar surface area (TPSA) is 151 Å². The van der Waals surface area contributed by atoms with Crippen molar-refractivity contribution in [1.82, 2.24) is 24.8 Å². The predicted molar refractivity (Wildman–Crippen MR) is 159 cm³/mol. The molecule has 1 saturated carbocycles. The number of ether oxygens (including phenoxy) is 1. The molecule has 2 aromatic carbocycles. The first-order chi connectivity index (χ1) is 20.2. The molecular formula is C30H33ClN6O5. The summed E-state index contributed by atoms with van der Waals surface area (Å²) in [4.78, 5) is 37.6. The Morgan fingerprint density at radius 1 is 1.14 bits per heavy atom. The van der Waals surface area contributed by atoms with E-state index in [-0.39, 0.29) is 49.6 Å². The molecule has 12 heteroatoms. The summed E-state index contributed by atoms with van der Waals surface area (Å²) in [6, 6.07) is 13.2. The molecule has 1 amide bonds. The lowest BCUT2D eigenvalue weighted by Crippen LogP contribution is -2.27. The molecule has 1 aliphatic rings. The molecule has 1 atom stereocenters. The van der Waals surface area contributed by atoms with Gasteiger partial charge in [0.15, 0.2) is 11.5 Å². The van der Waals surface area contributed by atoms with Crippen molar-refractivity contribution in [2.45, 2.75) is 45.7 Å². The minimum Gasteiger partial charge on any atom is -0.492 e. The Bertz CT molecular complexity index is 1600. The number of nitrogens with zero attached hydrogens (tertiary/aromatic N) is 4. The molecule has 0 saturated heterocycles. The third-order valence-electron chi connectivity index (χ3n) is 7.14. The van der Waals surface area contributed by atoms with E-state index in [1.807, 2.05) is 54.0 Å². The average molecular weight is 593 g/mol. The van der Waals surface area contributed by atoms with Gasteiger partial charge in [0.25, 0.3) is 0 Å². The van der Waals surface area contributed by atoms with Gasteiger partial charge in [0.05, 0.1) is 25.2 Å². The van der Waals surface area contributed by atoms with Crippen LogP contribution in [0.1, 0.15) is 47.9 Å². The van der Waals surface area contributed by atoms with Gasteiger partial charge < -0.3 is 30.2 Å². The number of aryl methyl sites for hydroxylation is 1. The molecule has 1 aliphatic carbocycles. The maximum absolute atomic E-state index is 12.1. The molecule has 4 aromatic rings. The van der Waals surface area contributed by atoms with Gasteiger partial charge in [-0.25, -0.2) is 19.7 Å². The molecule has 42 heavy (non-hydrogen) atoms. The van der Waals surface area contributed by atoms with Gasteiger partial charge >= 0.3 is 5.97 Å². The Morgan fingerprint density at radius 3 is 2.60 bits per heavy atom. The summed E-state index contributed by atoms with van der Waals surface area (Å²) in [6.45, 7) is 4.55. The van der Waals surface area contributed by atoms with Crippen molar-refractivity contribution in [3.63, 3.8) is 0 Å². The maximum Gasteiger partial charge on any atom is 0.374 e. The highest BCUT2D eigenvalue weighted by molar-refractivity contribution is 6.30. The number of aliphatic hydroxyl groups excluding tert-OH is 1. The number of carbonyl (C=O) groups is 2. The predicted octanol–water partition coefficient (Wildman–Crippen LogP) is 4.29. The maximum atomic E-state index is 12.1. The minimum atomic E-state index is -1.24. The van der Waals surface area contributed by atoms with Gasteiger partial charge in [-0.3, -0.25) is 4.79 Å². The highest BCUT2D eigenvalue weighted by atomic mass is 35.5. The van der Waals surface area contributed by atoms with E-state index in [0.29, 0.717) is 46.0 Å². The number of hydrogen-bond acceptors (Lipinski definition) is 8. The van der Waals surface area contributed by atoms with E-state index in [0.717, 1.165) is 24.0 Å². The Hall–Kier alpha value is -4.22. The number of fused-ring (bicyclic) bond motifs is 1. The summed E-state index contributed by atoms with van der Waals surface area (Å²) in [5.74, 6) is 0.0987. The van der Waals surface area contributed by atoms with Crippen LogP contribution < -0.4 is 15.4 Å². The highest BCUT2D eigenvalue weighted by Gasteiger charge is 2.30. The molecule has 220 valence electrons. The summed E-state index contributed by atoms with van der Waals surface area (Å²) in [5.41, 5.74) is 3.39. The lowest BCUT2D eigenvalue weighted by molar-refractivity contribution is -0.121. The van der Waals surface area contributed by atoms with Crippen molar-refractivity contribution in [2.75, 3.05) is 25.1 Å². The van der Waals surface area contributed by atoms with Crippen LogP contribution in [-0.4, -0.2) is 67.4 Å². The third kappa shape index (κ3) is 6.80. The molecule has 5 rings (SSSR count). The van der Waals surface area contributed by atoms with Crippen LogP contribution in [0.2, 0.25) is 5.02 Å². The number of aliphatic hydroxyl groups is 1. The van der Waals surface area contributed by atoms with Crippen molar-refractivity contribution >= 4 is 40.5 Å². The summed E-state index contributed by atoms with van der Waals surface area (Å²) in [7, 11) is 0. The Kier molecular flexibility index (Phi) is 8.89. The molecule has 4 N–H and O–H groups in total. The largest absolute Gasteiger partial charge is 0.492 e. The zero-order valence-electron chi connectivity index (χ0n) is 23.4. The molecule has 11 nitrogen and oxygen atoms in total. The van der Waals surface area contributed by atoms with E-state index < -0.39 is 5.97 Å². The number of anilines is 1. The third-order valence-corrected chi connectivity index (χ3v) is 7.39. The van der Waals surface area contributed by atoms with Gasteiger partial charge in [-0.2, -0.15) is 0 Å². The Balaban J connectivity index is 1.63. The number of halogens is 1. The number of hydrogen-bond donors (Lipinski definition) is 4. The van der Waals surface area contributed by atoms with Gasteiger partial charge in [0.2, 0.25) is 11.7 Å². The Morgan fingerprint density at radius 2 is 1.90 bits per heavy atom. The lowest BCUT2D eigenvalue weighted by Gasteiger charge is -2.17. The zero-order chi connectivity index (χ0) is 29.8. The molecular weight excluding hydrogens is 560 g/mol. The molecule has 0 spiro atoms. The monoisotopic (exact) mass is 592 g/mol. The van der Waals surface area contributed by atoms with Crippen LogP contribution in [0.25, 0.3) is 22.6 Å². The standard InChI is InChI=1S/C30H33ClN6O5/c1-17-3-10-23(42-14-11-24(39)32-12-13-38)22(15-17)29-36-27-25(37(29)16-19-4-8-21(31)9-5-19)26(33-18(2)20-6-7-20)34-28(35-27)30(40)41/h3-5,8-10,15,18,20,38H,6-7,11-14,16H2,1-2H3,(H,32,39)(H,40,41)(H,33,34,35). The number of nitrogens with one attached hydrogen (secondary N) is 2. The first-order valence-corrected chi connectivity index (χ1v) is 14.2. The molecule has 0 radical (unpaired) electrons. The minimum absolute atomic E-state index is 0.0851. The Labute approximate surface area is 247 Å². The number of amides is 1. The van der Waals surface area contributed by atoms with Gasteiger partial charge in [0.1, 0.15) is 17.1 Å². The fraction of sp³-hybridized carbons (Fsp3) is 0.367. The zero-order valence-corrected chi connectivity index (χ0v) is 24.2. The van der Waals surface area contributed by atoms with Crippen molar-refractivity contribution in [3.05, 3.63) is 64.4 Å². The van der Waals surface area contributed by atoms with Gasteiger partial charge in [-0.15, -0.1) is 0 Å². The normalized spacial score (nSPS) is 13.6. The molecule has 1 unspecified atom stereocenters. The first-order valence-electron chi connectivity index (χ1n) is 13.9. The number of aromatic nitrogens is 4. The van der Waals surface area contributed by atoms with E-state index in [9.17, 15) is 14.7 Å². The quantitative estimate of drug-likeness (QED) is 0.178. The first kappa shape index (κ1) is 29.3. The summed E-state index contributed by atoms with van der Waals surface area (Å²) >= 11 is 6.16. The van der Waals surface area contributed by atoms with Crippen molar-refractivity contribution in [3.8, 4) is 17.1 Å². The smallest absolute Gasteiger partial charge is 0.374 e. The molecule has 0 bridgehead atoms. The molecule has 2 aromatic heterocycles. The molecule has 2 heterocycles. The van der Waals surface area contributed by atoms with Crippen molar-refractivity contribution in [1.29, 1.82) is 0 Å². The fourth-order valence-electron chi connectivity index (χ4n) is 4.78. The van der Waals surface area contributed by atoms with Gasteiger partial charge in [0, 0.05) is 24.2 Å². The highest BCUT2D eigenvalue weighted by Crippen LogP contribution is 2.37. The SMILES string of the molecule is Cc1ccc(OCCC(=O)NCCO)c(-c2nc3nc(C(=O)O)nc(NC(C)C4CC4)c3n2Cc2ccc(Cl)cc2)c1. The van der Waals surface area contributed by atoms with E-state index in [1.54, 1.807) is 0 Å². The average Bonchev–Trinajstić information content (AvgIpc) is 3.76. The van der Waals surface area contributed by atoms with E-state index in [2.05, 4.69) is 27.5 Å². The number of aromatic carboxylic acids is 1. The summed E-state index contributed by atoms with van der Waals surface area (Å²) in [5, 5.41) is 25.4. The van der Waals surface area contributed by atoms with Gasteiger partial charge in [-0.05, 0) is 62.4 Å². The van der Waals surface area contributed by atoms with Crippen molar-refractivity contribution < 1.29 is 24.5 Å². The number of carbonyl (C=O) groups excluding carboxylic acids is 1. The second-order valence-corrected chi connectivity index (χ2v) is 10.9. The number of rotatable bonds is 13. The fourth-order valence-corrected chi connectivity index (χ4v) is 4.90. The second kappa shape index (κ2) is 12.7. The summed E-state index contributed by atoms with van der Waals surface area (Å²) < 4.78 is 8.03. The second-order valence-electron chi connectivity index (χ2n) is 10.5. The van der Waals surface area contributed by atoms with Crippen molar-refractivity contribution in [2.24, 2.45) is 5.92 Å². The van der Waals surface area contributed by atoms with Crippen LogP contribution in [0, 0.1) is 12.8 Å². The van der Waals surface area contributed by atoms with E-state index in [4.69, 9.17) is 26.4 Å². The van der Waals surface area contributed by atoms with Crippen LogP contribution in [0.5, 0.6) is 5.75 Å². The number of carboxylic acid groups (broad SMARTS) is 1. The van der Waals surface area contributed by atoms with Crippen LogP contribution in [0.4, 0.5) is 5.82 Å². The number of imidazole rings is 1. The van der Waals surface area contributed by atoms with Crippen LogP contribution in [0.3, 0.4) is 0 Å². The summed E-state index contributed by atoms with van der Waals surface area (Å²) in [6.07, 6.45) is 2.31.